The van der Waals surface area contributed by atoms with Crippen molar-refractivity contribution in [2.75, 3.05) is 4.72 Å². The lowest BCUT2D eigenvalue weighted by atomic mass is 10.2. The molecule has 1 heterocycles. The molecule has 0 atom stereocenters. The quantitative estimate of drug-likeness (QED) is 0.425. The summed E-state index contributed by atoms with van der Waals surface area (Å²) in [6.45, 7) is 4.28. The van der Waals surface area contributed by atoms with E-state index < -0.39 is 10.0 Å². The minimum atomic E-state index is -3.79. The number of hydrogen-bond donors (Lipinski definition) is 1. The molecule has 160 valence electrons. The first-order valence-electron chi connectivity index (χ1n) is 9.78. The van der Waals surface area contributed by atoms with Gasteiger partial charge in [0, 0.05) is 11.7 Å². The highest BCUT2D eigenvalue weighted by Gasteiger charge is 2.18. The van der Waals surface area contributed by atoms with Gasteiger partial charge in [0.1, 0.15) is 12.4 Å². The van der Waals surface area contributed by atoms with Gasteiger partial charge in [-0.15, -0.1) is 0 Å². The Morgan fingerprint density at radius 1 is 1.00 bits per heavy atom. The molecule has 0 aliphatic rings. The number of nitrogens with one attached hydrogen (secondary N) is 1. The fourth-order valence-corrected chi connectivity index (χ4v) is 5.46. The third kappa shape index (κ3) is 4.65. The van der Waals surface area contributed by atoms with E-state index in [0.717, 1.165) is 22.4 Å². The maximum atomic E-state index is 12.8. The van der Waals surface area contributed by atoms with Gasteiger partial charge in [-0.3, -0.25) is 14.1 Å². The van der Waals surface area contributed by atoms with Gasteiger partial charge in [0.25, 0.3) is 10.0 Å². The summed E-state index contributed by atoms with van der Waals surface area (Å²) < 4.78 is 36.3. The van der Waals surface area contributed by atoms with Crippen molar-refractivity contribution in [1.82, 2.24) is 4.57 Å². The van der Waals surface area contributed by atoms with E-state index in [1.165, 1.54) is 6.07 Å². The molecule has 0 bridgehead atoms. The van der Waals surface area contributed by atoms with E-state index in [4.69, 9.17) is 4.74 Å². The number of thiazole rings is 1. The normalized spacial score (nSPS) is 11.7. The van der Waals surface area contributed by atoms with E-state index in [0.29, 0.717) is 22.7 Å². The van der Waals surface area contributed by atoms with E-state index in [1.54, 1.807) is 41.0 Å². The minimum Gasteiger partial charge on any atom is -0.489 e. The van der Waals surface area contributed by atoms with Crippen LogP contribution in [0.5, 0.6) is 5.75 Å². The van der Waals surface area contributed by atoms with Gasteiger partial charge in [-0.25, -0.2) is 8.42 Å². The Kier molecular flexibility index (Phi) is 5.84. The Morgan fingerprint density at radius 3 is 2.39 bits per heavy atom. The molecule has 1 aromatic heterocycles. The van der Waals surface area contributed by atoms with Crippen LogP contribution in [0.4, 0.5) is 5.69 Å². The predicted octanol–water partition coefficient (Wildman–Crippen LogP) is 5.02. The standard InChI is InChI=1S/C23H22N2O4S2/c1-16(2)25-21-13-12-20(14-22(21)30-23(25)26)31(27,28)24-18-8-10-19(11-9-18)29-15-17-6-4-3-5-7-17/h3-14,16,24H,15H2,1-2H3. The Balaban J connectivity index is 1.50. The van der Waals surface area contributed by atoms with Gasteiger partial charge >= 0.3 is 4.87 Å². The average molecular weight is 455 g/mol. The Labute approximate surface area is 184 Å². The van der Waals surface area contributed by atoms with Crippen LogP contribution in [0.25, 0.3) is 10.2 Å². The summed E-state index contributed by atoms with van der Waals surface area (Å²) in [6.07, 6.45) is 0. The van der Waals surface area contributed by atoms with Gasteiger partial charge in [-0.2, -0.15) is 0 Å². The van der Waals surface area contributed by atoms with Gasteiger partial charge in [0.15, 0.2) is 0 Å². The van der Waals surface area contributed by atoms with E-state index in [2.05, 4.69) is 4.72 Å². The number of aromatic nitrogens is 1. The van der Waals surface area contributed by atoms with Crippen LogP contribution in [0.3, 0.4) is 0 Å². The zero-order chi connectivity index (χ0) is 22.0. The molecule has 6 nitrogen and oxygen atoms in total. The smallest absolute Gasteiger partial charge is 0.308 e. The van der Waals surface area contributed by atoms with Crippen LogP contribution in [-0.4, -0.2) is 13.0 Å². The third-order valence-corrected chi connectivity index (χ3v) is 7.06. The van der Waals surface area contributed by atoms with Gasteiger partial charge in [-0.1, -0.05) is 41.7 Å². The first kappa shape index (κ1) is 21.1. The van der Waals surface area contributed by atoms with Crippen LogP contribution in [0.15, 0.2) is 82.5 Å². The van der Waals surface area contributed by atoms with E-state index in [1.807, 2.05) is 44.2 Å². The van der Waals surface area contributed by atoms with Crippen LogP contribution in [0.2, 0.25) is 0 Å². The molecule has 4 aromatic rings. The second kappa shape index (κ2) is 8.56. The van der Waals surface area contributed by atoms with Crippen molar-refractivity contribution in [1.29, 1.82) is 0 Å². The molecule has 0 amide bonds. The number of anilines is 1. The highest BCUT2D eigenvalue weighted by Crippen LogP contribution is 2.26. The number of rotatable bonds is 7. The lowest BCUT2D eigenvalue weighted by Crippen LogP contribution is -2.15. The summed E-state index contributed by atoms with van der Waals surface area (Å²) in [7, 11) is -3.79. The SMILES string of the molecule is CC(C)n1c(=O)sc2cc(S(=O)(=O)Nc3ccc(OCc4ccccc4)cc3)ccc21. The van der Waals surface area contributed by atoms with Crippen LogP contribution in [0.1, 0.15) is 25.5 Å². The van der Waals surface area contributed by atoms with Crippen molar-refractivity contribution in [2.24, 2.45) is 0 Å². The largest absolute Gasteiger partial charge is 0.489 e. The molecule has 31 heavy (non-hydrogen) atoms. The maximum Gasteiger partial charge on any atom is 0.308 e. The minimum absolute atomic E-state index is 0.00413. The maximum absolute atomic E-state index is 12.8. The number of sulfonamides is 1. The van der Waals surface area contributed by atoms with Crippen molar-refractivity contribution < 1.29 is 13.2 Å². The Morgan fingerprint density at radius 2 is 1.71 bits per heavy atom. The van der Waals surface area contributed by atoms with Gasteiger partial charge < -0.3 is 4.74 Å². The number of fused-ring (bicyclic) bond motifs is 1. The molecule has 0 aliphatic heterocycles. The fraction of sp³-hybridized carbons (Fsp3) is 0.174. The lowest BCUT2D eigenvalue weighted by Gasteiger charge is -2.11. The number of benzene rings is 3. The second-order valence-electron chi connectivity index (χ2n) is 7.37. The first-order valence-corrected chi connectivity index (χ1v) is 12.1. The molecule has 0 aliphatic carbocycles. The average Bonchev–Trinajstić information content (AvgIpc) is 3.09. The van der Waals surface area contributed by atoms with E-state index in [-0.39, 0.29) is 15.8 Å². The summed E-state index contributed by atoms with van der Waals surface area (Å²) >= 11 is 1.05. The second-order valence-corrected chi connectivity index (χ2v) is 10.0. The summed E-state index contributed by atoms with van der Waals surface area (Å²) in [4.78, 5) is 12.2. The topological polar surface area (TPSA) is 77.4 Å². The molecule has 0 saturated carbocycles. The molecule has 8 heteroatoms. The number of hydrogen-bond acceptors (Lipinski definition) is 5. The molecule has 4 rings (SSSR count). The summed E-state index contributed by atoms with van der Waals surface area (Å²) in [5.74, 6) is 0.646. The van der Waals surface area contributed by atoms with Crippen LogP contribution in [0, 0.1) is 0 Å². The molecular weight excluding hydrogens is 432 g/mol. The van der Waals surface area contributed by atoms with Crippen molar-refractivity contribution in [3.05, 3.63) is 88.0 Å². The molecule has 0 radical (unpaired) electrons. The molecule has 1 N–H and O–H groups in total. The fourth-order valence-electron chi connectivity index (χ4n) is 3.25. The first-order chi connectivity index (χ1) is 14.8. The Hall–Kier alpha value is -3.10. The zero-order valence-corrected chi connectivity index (χ0v) is 18.7. The summed E-state index contributed by atoms with van der Waals surface area (Å²) in [5.41, 5.74) is 2.22. The predicted molar refractivity (Wildman–Crippen MR) is 124 cm³/mol. The van der Waals surface area contributed by atoms with Gasteiger partial charge in [0.2, 0.25) is 0 Å². The lowest BCUT2D eigenvalue weighted by molar-refractivity contribution is 0.306. The van der Waals surface area contributed by atoms with E-state index >= 15 is 0 Å². The van der Waals surface area contributed by atoms with Crippen LogP contribution in [-0.2, 0) is 16.6 Å². The Bertz CT molecular complexity index is 1360. The summed E-state index contributed by atoms with van der Waals surface area (Å²) in [6, 6.07) is 21.3. The molecule has 0 unspecified atom stereocenters. The molecule has 0 saturated heterocycles. The monoisotopic (exact) mass is 454 g/mol. The van der Waals surface area contributed by atoms with Crippen molar-refractivity contribution >= 4 is 37.3 Å². The number of nitrogens with zero attached hydrogens (tertiary/aromatic N) is 1. The highest BCUT2D eigenvalue weighted by molar-refractivity contribution is 7.92. The van der Waals surface area contributed by atoms with Gasteiger partial charge in [-0.05, 0) is 61.9 Å². The third-order valence-electron chi connectivity index (χ3n) is 4.77. The van der Waals surface area contributed by atoms with Crippen molar-refractivity contribution in [3.63, 3.8) is 0 Å². The van der Waals surface area contributed by atoms with Crippen LogP contribution < -0.4 is 14.3 Å². The molecule has 3 aromatic carbocycles. The molecule has 0 spiro atoms. The van der Waals surface area contributed by atoms with E-state index in [9.17, 15) is 13.2 Å². The zero-order valence-electron chi connectivity index (χ0n) is 17.1. The van der Waals surface area contributed by atoms with Gasteiger partial charge in [0.05, 0.1) is 15.1 Å². The highest BCUT2D eigenvalue weighted by atomic mass is 32.2. The molecular formula is C23H22N2O4S2. The van der Waals surface area contributed by atoms with Crippen molar-refractivity contribution in [2.45, 2.75) is 31.4 Å². The number of ether oxygens (including phenoxy) is 1. The van der Waals surface area contributed by atoms with Crippen molar-refractivity contribution in [3.8, 4) is 5.75 Å². The van der Waals surface area contributed by atoms with Crippen LogP contribution >= 0.6 is 11.3 Å². The summed E-state index contributed by atoms with van der Waals surface area (Å²) in [5, 5.41) is 0. The molecule has 0 fully saturated rings.